The van der Waals surface area contributed by atoms with Crippen LogP contribution in [0.4, 0.5) is 4.79 Å². The van der Waals surface area contributed by atoms with Crippen molar-refractivity contribution in [3.63, 3.8) is 0 Å². The molecule has 2 aromatic rings. The Balaban J connectivity index is 1.40. The number of carboxylic acid groups (broad SMARTS) is 1. The molecule has 174 valence electrons. The number of aliphatic hydroxyl groups is 1. The zero-order chi connectivity index (χ0) is 23.8. The number of alkyl carbamates (subject to hydrolysis) is 1. The van der Waals surface area contributed by atoms with E-state index in [4.69, 9.17) is 9.84 Å². The third kappa shape index (κ3) is 4.42. The molecule has 0 spiro atoms. The molecule has 1 fully saturated rings. The van der Waals surface area contributed by atoms with Gasteiger partial charge in [-0.15, -0.1) is 0 Å². The average Bonchev–Trinajstić information content (AvgIpc) is 3.08. The fourth-order valence-corrected chi connectivity index (χ4v) is 4.43. The SMILES string of the molecule is CN(C)CC(NC(=O)OCC1c2ccccc2-c2ccccc21)C(=O)N1CC(O)(C(=O)O)C1. The second-order valence-electron chi connectivity index (χ2n) is 8.82. The van der Waals surface area contributed by atoms with Crippen molar-refractivity contribution < 1.29 is 29.3 Å². The van der Waals surface area contributed by atoms with Crippen LogP contribution in [0, 0.1) is 0 Å². The van der Waals surface area contributed by atoms with E-state index in [9.17, 15) is 19.5 Å². The van der Waals surface area contributed by atoms with E-state index in [2.05, 4.69) is 5.32 Å². The van der Waals surface area contributed by atoms with Gasteiger partial charge >= 0.3 is 12.1 Å². The number of carbonyl (C=O) groups is 3. The number of nitrogens with one attached hydrogen (secondary N) is 1. The van der Waals surface area contributed by atoms with Gasteiger partial charge in [0.25, 0.3) is 0 Å². The van der Waals surface area contributed by atoms with Gasteiger partial charge in [0.15, 0.2) is 5.60 Å². The van der Waals surface area contributed by atoms with Crippen molar-refractivity contribution in [1.82, 2.24) is 15.1 Å². The number of β-amino-alcohol motifs (C(OH)–C–C–N with tert-alkyl or cyclic N) is 1. The minimum atomic E-state index is -1.94. The molecule has 0 bridgehead atoms. The van der Waals surface area contributed by atoms with Gasteiger partial charge in [0.1, 0.15) is 12.6 Å². The highest BCUT2D eigenvalue weighted by atomic mass is 16.5. The van der Waals surface area contributed by atoms with E-state index in [-0.39, 0.29) is 32.2 Å². The van der Waals surface area contributed by atoms with Gasteiger partial charge in [-0.2, -0.15) is 0 Å². The zero-order valence-electron chi connectivity index (χ0n) is 18.5. The van der Waals surface area contributed by atoms with Crippen LogP contribution in [0.15, 0.2) is 48.5 Å². The number of amides is 2. The Kier molecular flexibility index (Phi) is 6.09. The van der Waals surface area contributed by atoms with E-state index in [1.807, 2.05) is 48.5 Å². The number of ether oxygens (including phenoxy) is 1. The van der Waals surface area contributed by atoms with Crippen LogP contribution in [0.25, 0.3) is 11.1 Å². The van der Waals surface area contributed by atoms with E-state index >= 15 is 0 Å². The number of fused-ring (bicyclic) bond motifs is 3. The molecule has 1 saturated heterocycles. The summed E-state index contributed by atoms with van der Waals surface area (Å²) in [5.41, 5.74) is 2.46. The largest absolute Gasteiger partial charge is 0.479 e. The molecule has 3 N–H and O–H groups in total. The van der Waals surface area contributed by atoms with Crippen LogP contribution in [0.2, 0.25) is 0 Å². The minimum absolute atomic E-state index is 0.105. The van der Waals surface area contributed by atoms with Gasteiger partial charge in [-0.3, -0.25) is 4.79 Å². The summed E-state index contributed by atoms with van der Waals surface area (Å²) in [4.78, 5) is 39.5. The van der Waals surface area contributed by atoms with Crippen LogP contribution in [0.5, 0.6) is 0 Å². The second-order valence-corrected chi connectivity index (χ2v) is 8.82. The van der Waals surface area contributed by atoms with E-state index in [0.29, 0.717) is 0 Å². The lowest BCUT2D eigenvalue weighted by molar-refractivity contribution is -0.182. The molecule has 0 saturated carbocycles. The van der Waals surface area contributed by atoms with Crippen molar-refractivity contribution >= 4 is 18.0 Å². The fraction of sp³-hybridized carbons (Fsp3) is 0.375. The van der Waals surface area contributed by atoms with Crippen LogP contribution >= 0.6 is 0 Å². The summed E-state index contributed by atoms with van der Waals surface area (Å²) in [6.45, 7) is -0.328. The van der Waals surface area contributed by atoms with Gasteiger partial charge in [0.2, 0.25) is 5.91 Å². The number of aliphatic carboxylic acids is 1. The van der Waals surface area contributed by atoms with Crippen LogP contribution in [0.1, 0.15) is 17.0 Å². The minimum Gasteiger partial charge on any atom is -0.479 e. The van der Waals surface area contributed by atoms with Crippen molar-refractivity contribution in [3.8, 4) is 11.1 Å². The van der Waals surface area contributed by atoms with E-state index < -0.39 is 29.6 Å². The average molecular weight is 453 g/mol. The summed E-state index contributed by atoms with van der Waals surface area (Å²) in [7, 11) is 3.51. The van der Waals surface area contributed by atoms with Crippen molar-refractivity contribution in [2.24, 2.45) is 0 Å². The number of carboxylic acids is 1. The summed E-state index contributed by atoms with van der Waals surface area (Å²) >= 11 is 0. The lowest BCUT2D eigenvalue weighted by Crippen LogP contribution is -2.70. The Bertz CT molecular complexity index is 1030. The predicted octanol–water partition coefficient (Wildman–Crippen LogP) is 1.11. The van der Waals surface area contributed by atoms with E-state index in [1.54, 1.807) is 19.0 Å². The smallest absolute Gasteiger partial charge is 0.407 e. The number of hydrogen-bond donors (Lipinski definition) is 3. The summed E-state index contributed by atoms with van der Waals surface area (Å²) in [5, 5.41) is 21.6. The van der Waals surface area contributed by atoms with Crippen LogP contribution in [-0.2, 0) is 14.3 Å². The van der Waals surface area contributed by atoms with Gasteiger partial charge in [-0.25, -0.2) is 9.59 Å². The van der Waals surface area contributed by atoms with Crippen molar-refractivity contribution in [2.45, 2.75) is 17.6 Å². The van der Waals surface area contributed by atoms with Crippen LogP contribution in [-0.4, -0.2) is 90.0 Å². The lowest BCUT2D eigenvalue weighted by Gasteiger charge is -2.44. The molecular weight excluding hydrogens is 426 g/mol. The maximum atomic E-state index is 12.8. The summed E-state index contributed by atoms with van der Waals surface area (Å²) in [6, 6.07) is 15.1. The Hall–Kier alpha value is -3.43. The monoisotopic (exact) mass is 453 g/mol. The molecule has 1 atom stereocenters. The number of rotatable bonds is 7. The molecule has 2 amide bonds. The third-order valence-corrected chi connectivity index (χ3v) is 6.10. The topological polar surface area (TPSA) is 119 Å². The Morgan fingerprint density at radius 1 is 1.09 bits per heavy atom. The Labute approximate surface area is 191 Å². The Morgan fingerprint density at radius 2 is 1.64 bits per heavy atom. The first-order valence-electron chi connectivity index (χ1n) is 10.7. The quantitative estimate of drug-likeness (QED) is 0.575. The number of likely N-dealkylation sites (tertiary alicyclic amines) is 1. The highest BCUT2D eigenvalue weighted by Gasteiger charge is 2.51. The highest BCUT2D eigenvalue weighted by molar-refractivity contribution is 5.90. The standard InChI is InChI=1S/C24H27N3O6/c1-26(2)11-20(21(28)27-13-24(32,14-27)22(29)30)25-23(31)33-12-19-17-9-5-3-7-15(17)16-8-4-6-10-18(16)19/h3-10,19-20,32H,11-14H2,1-2H3,(H,25,31)(H,29,30). The highest BCUT2D eigenvalue weighted by Crippen LogP contribution is 2.44. The van der Waals surface area contributed by atoms with Crippen molar-refractivity contribution in [3.05, 3.63) is 59.7 Å². The molecular formula is C24H27N3O6. The molecule has 1 aliphatic heterocycles. The van der Waals surface area contributed by atoms with E-state index in [0.717, 1.165) is 22.3 Å². The molecule has 2 aromatic carbocycles. The first kappa shape index (κ1) is 22.8. The van der Waals surface area contributed by atoms with Gasteiger partial charge in [-0.05, 0) is 36.3 Å². The predicted molar refractivity (Wildman–Crippen MR) is 120 cm³/mol. The number of carbonyl (C=O) groups excluding carboxylic acids is 2. The first-order valence-corrected chi connectivity index (χ1v) is 10.7. The Morgan fingerprint density at radius 3 is 2.15 bits per heavy atom. The van der Waals surface area contributed by atoms with Gasteiger partial charge in [-0.1, -0.05) is 48.5 Å². The lowest BCUT2D eigenvalue weighted by atomic mass is 9.93. The molecule has 0 radical (unpaired) electrons. The molecule has 1 heterocycles. The summed E-state index contributed by atoms with van der Waals surface area (Å²) in [5.74, 6) is -1.95. The van der Waals surface area contributed by atoms with Crippen LogP contribution < -0.4 is 5.32 Å². The maximum absolute atomic E-state index is 12.8. The molecule has 1 unspecified atom stereocenters. The van der Waals surface area contributed by atoms with Gasteiger partial charge in [0.05, 0.1) is 13.1 Å². The van der Waals surface area contributed by atoms with Gasteiger partial charge < -0.3 is 30.1 Å². The molecule has 9 nitrogen and oxygen atoms in total. The molecule has 2 aliphatic rings. The number of benzene rings is 2. The number of hydrogen-bond acceptors (Lipinski definition) is 6. The summed E-state index contributed by atoms with van der Waals surface area (Å²) < 4.78 is 5.53. The summed E-state index contributed by atoms with van der Waals surface area (Å²) in [6.07, 6.45) is -0.730. The molecule has 9 heteroatoms. The van der Waals surface area contributed by atoms with Crippen LogP contribution in [0.3, 0.4) is 0 Å². The number of nitrogens with zero attached hydrogens (tertiary/aromatic N) is 2. The molecule has 0 aromatic heterocycles. The van der Waals surface area contributed by atoms with Gasteiger partial charge in [0, 0.05) is 12.5 Å². The third-order valence-electron chi connectivity index (χ3n) is 6.10. The zero-order valence-corrected chi connectivity index (χ0v) is 18.5. The maximum Gasteiger partial charge on any atom is 0.407 e. The molecule has 1 aliphatic carbocycles. The first-order chi connectivity index (χ1) is 15.7. The fourth-order valence-electron chi connectivity index (χ4n) is 4.43. The van der Waals surface area contributed by atoms with Crippen molar-refractivity contribution in [1.29, 1.82) is 0 Å². The van der Waals surface area contributed by atoms with E-state index in [1.165, 1.54) is 4.90 Å². The molecule has 4 rings (SSSR count). The normalized spacial score (nSPS) is 17.0. The second kappa shape index (κ2) is 8.84. The molecule has 33 heavy (non-hydrogen) atoms. The number of likely N-dealkylation sites (N-methyl/N-ethyl adjacent to an activating group) is 1. The van der Waals surface area contributed by atoms with Crippen molar-refractivity contribution in [2.75, 3.05) is 40.3 Å².